The highest BCUT2D eigenvalue weighted by Crippen LogP contribution is 2.13. The van der Waals surface area contributed by atoms with Crippen LogP contribution in [-0.4, -0.2) is 53.1 Å². The van der Waals surface area contributed by atoms with Crippen LogP contribution in [-0.2, 0) is 20.0 Å². The van der Waals surface area contributed by atoms with Gasteiger partial charge < -0.3 is 10.6 Å². The first-order valence-corrected chi connectivity index (χ1v) is 10.6. The number of amides is 2. The molecule has 2 amide bonds. The largest absolute Gasteiger partial charge is 0.338 e. The standard InChI is InChI=1S/C13H22N4O5S2/c1-3-17(23(2,19)20)9-5-8-15-13(18)16-11-6-4-7-12(10-11)24(14,21)22/h4,6-7,10H,3,5,8-9H2,1-2H3,(H2,14,21,22)(H2,15,16,18). The minimum atomic E-state index is -3.84. The van der Waals surface area contributed by atoms with Crippen LogP contribution in [0, 0.1) is 0 Å². The van der Waals surface area contributed by atoms with Crippen LogP contribution in [0.5, 0.6) is 0 Å². The van der Waals surface area contributed by atoms with Crippen molar-refractivity contribution in [1.82, 2.24) is 9.62 Å². The zero-order valence-electron chi connectivity index (χ0n) is 13.5. The van der Waals surface area contributed by atoms with Crippen molar-refractivity contribution in [2.45, 2.75) is 18.2 Å². The molecule has 0 aromatic heterocycles. The maximum Gasteiger partial charge on any atom is 0.319 e. The number of nitrogens with zero attached hydrogens (tertiary/aromatic N) is 1. The second kappa shape index (κ2) is 8.42. The van der Waals surface area contributed by atoms with E-state index in [4.69, 9.17) is 5.14 Å². The minimum Gasteiger partial charge on any atom is -0.338 e. The summed E-state index contributed by atoms with van der Waals surface area (Å²) in [6.45, 7) is 2.67. The van der Waals surface area contributed by atoms with Gasteiger partial charge in [-0.3, -0.25) is 0 Å². The summed E-state index contributed by atoms with van der Waals surface area (Å²) in [5.41, 5.74) is 0.283. The molecule has 0 bridgehead atoms. The fourth-order valence-electron chi connectivity index (χ4n) is 1.94. The van der Waals surface area contributed by atoms with Crippen LogP contribution in [0.2, 0.25) is 0 Å². The number of urea groups is 1. The van der Waals surface area contributed by atoms with Gasteiger partial charge in [0.05, 0.1) is 11.2 Å². The highest BCUT2D eigenvalue weighted by Gasteiger charge is 2.13. The number of rotatable bonds is 8. The van der Waals surface area contributed by atoms with E-state index < -0.39 is 26.1 Å². The van der Waals surface area contributed by atoms with Gasteiger partial charge in [-0.15, -0.1) is 0 Å². The normalized spacial score (nSPS) is 12.2. The average molecular weight is 378 g/mol. The second-order valence-electron chi connectivity index (χ2n) is 5.06. The molecule has 0 aliphatic carbocycles. The third kappa shape index (κ3) is 6.83. The number of nitrogens with two attached hydrogens (primary N) is 1. The van der Waals surface area contributed by atoms with Gasteiger partial charge in [-0.25, -0.2) is 31.1 Å². The molecule has 24 heavy (non-hydrogen) atoms. The molecule has 0 aliphatic rings. The van der Waals surface area contributed by atoms with Gasteiger partial charge in [-0.05, 0) is 24.6 Å². The van der Waals surface area contributed by atoms with Crippen molar-refractivity contribution in [3.8, 4) is 0 Å². The second-order valence-corrected chi connectivity index (χ2v) is 8.61. The molecule has 0 radical (unpaired) electrons. The molecule has 136 valence electrons. The molecular formula is C13H22N4O5S2. The SMILES string of the molecule is CCN(CCCNC(=O)Nc1cccc(S(N)(=O)=O)c1)S(C)(=O)=O. The van der Waals surface area contributed by atoms with Gasteiger partial charge in [-0.1, -0.05) is 13.0 Å². The Labute approximate surface area is 142 Å². The summed E-state index contributed by atoms with van der Waals surface area (Å²) < 4.78 is 46.6. The zero-order valence-corrected chi connectivity index (χ0v) is 15.2. The molecule has 0 saturated carbocycles. The monoisotopic (exact) mass is 378 g/mol. The average Bonchev–Trinajstić information content (AvgIpc) is 2.45. The van der Waals surface area contributed by atoms with Crippen molar-refractivity contribution in [3.05, 3.63) is 24.3 Å². The van der Waals surface area contributed by atoms with Crippen LogP contribution >= 0.6 is 0 Å². The lowest BCUT2D eigenvalue weighted by atomic mass is 10.3. The molecular weight excluding hydrogens is 356 g/mol. The van der Waals surface area contributed by atoms with Crippen molar-refractivity contribution >= 4 is 31.8 Å². The third-order valence-electron chi connectivity index (χ3n) is 3.11. The highest BCUT2D eigenvalue weighted by molar-refractivity contribution is 7.89. The molecule has 1 rings (SSSR count). The number of carbonyl (C=O) groups excluding carboxylic acids is 1. The van der Waals surface area contributed by atoms with Gasteiger partial charge in [0, 0.05) is 25.3 Å². The Balaban J connectivity index is 2.48. The smallest absolute Gasteiger partial charge is 0.319 e. The Hall–Kier alpha value is -1.69. The van der Waals surface area contributed by atoms with E-state index in [0.717, 1.165) is 6.26 Å². The number of nitrogens with one attached hydrogen (secondary N) is 2. The minimum absolute atomic E-state index is 0.105. The first-order chi connectivity index (χ1) is 11.0. The lowest BCUT2D eigenvalue weighted by molar-refractivity contribution is 0.251. The van der Waals surface area contributed by atoms with Crippen LogP contribution in [0.15, 0.2) is 29.2 Å². The number of carbonyl (C=O) groups is 1. The number of sulfonamides is 2. The molecule has 0 spiro atoms. The number of primary sulfonamides is 1. The van der Waals surface area contributed by atoms with Crippen LogP contribution < -0.4 is 15.8 Å². The molecule has 0 aliphatic heterocycles. The van der Waals surface area contributed by atoms with Crippen LogP contribution in [0.25, 0.3) is 0 Å². The summed E-state index contributed by atoms with van der Waals surface area (Å²) in [7, 11) is -7.09. The van der Waals surface area contributed by atoms with Crippen molar-refractivity contribution in [2.24, 2.45) is 5.14 Å². The quantitative estimate of drug-likeness (QED) is 0.552. The van der Waals surface area contributed by atoms with Crippen molar-refractivity contribution < 1.29 is 21.6 Å². The van der Waals surface area contributed by atoms with Gasteiger partial charge >= 0.3 is 6.03 Å². The lowest BCUT2D eigenvalue weighted by Crippen LogP contribution is -2.34. The summed E-state index contributed by atoms with van der Waals surface area (Å²) in [4.78, 5) is 11.6. The molecule has 9 nitrogen and oxygen atoms in total. The maximum atomic E-state index is 11.7. The van der Waals surface area contributed by atoms with Gasteiger partial charge in [-0.2, -0.15) is 0 Å². The van der Waals surface area contributed by atoms with Gasteiger partial charge in [0.2, 0.25) is 20.0 Å². The van der Waals surface area contributed by atoms with E-state index in [1.807, 2.05) is 0 Å². The molecule has 0 atom stereocenters. The van der Waals surface area contributed by atoms with E-state index in [2.05, 4.69) is 10.6 Å². The summed E-state index contributed by atoms with van der Waals surface area (Å²) in [5.74, 6) is 0. The zero-order chi connectivity index (χ0) is 18.4. The summed E-state index contributed by atoms with van der Waals surface area (Å²) >= 11 is 0. The van der Waals surface area contributed by atoms with Crippen LogP contribution in [0.3, 0.4) is 0 Å². The summed E-state index contributed by atoms with van der Waals surface area (Å²) in [5, 5.41) is 10.1. The Bertz CT molecular complexity index is 777. The van der Waals surface area contributed by atoms with E-state index in [1.54, 1.807) is 6.92 Å². The van der Waals surface area contributed by atoms with E-state index in [0.29, 0.717) is 19.5 Å². The fraction of sp³-hybridized carbons (Fsp3) is 0.462. The van der Waals surface area contributed by atoms with Crippen molar-refractivity contribution in [1.29, 1.82) is 0 Å². The highest BCUT2D eigenvalue weighted by atomic mass is 32.2. The Morgan fingerprint density at radius 2 is 1.92 bits per heavy atom. The summed E-state index contributed by atoms with van der Waals surface area (Å²) in [6.07, 6.45) is 1.58. The first kappa shape index (κ1) is 20.4. The van der Waals surface area contributed by atoms with E-state index >= 15 is 0 Å². The molecule has 1 aromatic rings. The third-order valence-corrected chi connectivity index (χ3v) is 5.40. The lowest BCUT2D eigenvalue weighted by Gasteiger charge is -2.17. The number of benzene rings is 1. The number of hydrogen-bond donors (Lipinski definition) is 3. The molecule has 0 fully saturated rings. The van der Waals surface area contributed by atoms with Crippen LogP contribution in [0.1, 0.15) is 13.3 Å². The van der Waals surface area contributed by atoms with Crippen molar-refractivity contribution in [2.75, 3.05) is 31.2 Å². The number of hydrogen-bond acceptors (Lipinski definition) is 5. The molecule has 1 aromatic carbocycles. The van der Waals surface area contributed by atoms with Gasteiger partial charge in [0.15, 0.2) is 0 Å². The predicted octanol–water partition coefficient (Wildman–Crippen LogP) is 0.127. The first-order valence-electron chi connectivity index (χ1n) is 7.17. The van der Waals surface area contributed by atoms with Crippen molar-refractivity contribution in [3.63, 3.8) is 0 Å². The molecule has 0 saturated heterocycles. The summed E-state index contributed by atoms with van der Waals surface area (Å²) in [6, 6.07) is 5.03. The van der Waals surface area contributed by atoms with E-state index in [9.17, 15) is 21.6 Å². The molecule has 11 heteroatoms. The van der Waals surface area contributed by atoms with E-state index in [-0.39, 0.29) is 17.1 Å². The Morgan fingerprint density at radius 1 is 1.25 bits per heavy atom. The Kier molecular flexibility index (Phi) is 7.14. The molecule has 0 heterocycles. The number of anilines is 1. The van der Waals surface area contributed by atoms with E-state index in [1.165, 1.54) is 28.6 Å². The Morgan fingerprint density at radius 3 is 2.46 bits per heavy atom. The van der Waals surface area contributed by atoms with Crippen LogP contribution in [0.4, 0.5) is 10.5 Å². The topological polar surface area (TPSA) is 139 Å². The molecule has 4 N–H and O–H groups in total. The molecule has 0 unspecified atom stereocenters. The predicted molar refractivity (Wildman–Crippen MR) is 91.5 cm³/mol. The van der Waals surface area contributed by atoms with Gasteiger partial charge in [0.1, 0.15) is 0 Å². The maximum absolute atomic E-state index is 11.7. The van der Waals surface area contributed by atoms with Gasteiger partial charge in [0.25, 0.3) is 0 Å². The fourth-order valence-corrected chi connectivity index (χ4v) is 3.43.